The number of nitrogens with two attached hydrogens (primary N) is 2. The summed E-state index contributed by atoms with van der Waals surface area (Å²) in [5.74, 6) is -0.431. The number of nitrogen functional groups attached to an aromatic ring is 1. The number of rotatable bonds is 3. The Morgan fingerprint density at radius 1 is 1.05 bits per heavy atom. The van der Waals surface area contributed by atoms with Crippen LogP contribution in [0.4, 0.5) is 21.9 Å². The van der Waals surface area contributed by atoms with Gasteiger partial charge in [0.25, 0.3) is 5.91 Å². The van der Waals surface area contributed by atoms with Crippen molar-refractivity contribution in [2.24, 2.45) is 5.73 Å². The number of anilines is 3. The number of amides is 3. The summed E-state index contributed by atoms with van der Waals surface area (Å²) in [6.45, 7) is 0. The maximum atomic E-state index is 12.0. The highest BCUT2D eigenvalue weighted by molar-refractivity contribution is 6.06. The van der Waals surface area contributed by atoms with E-state index in [2.05, 4.69) is 15.6 Å². The number of primary amides is 1. The number of benzene rings is 1. The third-order valence-corrected chi connectivity index (χ3v) is 2.44. The fourth-order valence-electron chi connectivity index (χ4n) is 1.61. The molecule has 20 heavy (non-hydrogen) atoms. The molecular formula is C13H13N5O2. The molecule has 6 N–H and O–H groups in total. The Morgan fingerprint density at radius 3 is 2.40 bits per heavy atom. The standard InChI is InChI=1S/C13H13N5O2/c14-10-5-2-6-16-11(10)12(19)17-8-3-1-4-9(7-8)18-13(15)20/h1-7H,14H2,(H,17,19)(H3,15,18,20). The minimum atomic E-state index is -0.678. The van der Waals surface area contributed by atoms with E-state index in [0.717, 1.165) is 0 Å². The van der Waals surface area contributed by atoms with Crippen LogP contribution in [-0.2, 0) is 0 Å². The van der Waals surface area contributed by atoms with E-state index in [-0.39, 0.29) is 11.4 Å². The molecule has 3 amide bonds. The smallest absolute Gasteiger partial charge is 0.316 e. The second-order valence-electron chi connectivity index (χ2n) is 3.97. The SMILES string of the molecule is NC(=O)Nc1cccc(NC(=O)c2ncccc2N)c1. The second kappa shape index (κ2) is 5.70. The van der Waals surface area contributed by atoms with Crippen LogP contribution in [0.5, 0.6) is 0 Å². The molecule has 0 atom stereocenters. The first-order valence-electron chi connectivity index (χ1n) is 5.74. The number of pyridine rings is 1. The van der Waals surface area contributed by atoms with Gasteiger partial charge in [0.15, 0.2) is 5.69 Å². The van der Waals surface area contributed by atoms with Gasteiger partial charge in [-0.2, -0.15) is 0 Å². The maximum Gasteiger partial charge on any atom is 0.316 e. The summed E-state index contributed by atoms with van der Waals surface area (Å²) in [6.07, 6.45) is 1.48. The molecule has 0 spiro atoms. The molecule has 0 aliphatic carbocycles. The number of hydrogen-bond acceptors (Lipinski definition) is 4. The summed E-state index contributed by atoms with van der Waals surface area (Å²) in [5.41, 5.74) is 12.1. The monoisotopic (exact) mass is 271 g/mol. The quantitative estimate of drug-likeness (QED) is 0.673. The van der Waals surface area contributed by atoms with E-state index in [4.69, 9.17) is 11.5 Å². The molecule has 0 bridgehead atoms. The highest BCUT2D eigenvalue weighted by Crippen LogP contribution is 2.16. The highest BCUT2D eigenvalue weighted by Gasteiger charge is 2.11. The molecule has 0 unspecified atom stereocenters. The van der Waals surface area contributed by atoms with Crippen molar-refractivity contribution in [3.05, 3.63) is 48.3 Å². The van der Waals surface area contributed by atoms with Crippen molar-refractivity contribution < 1.29 is 9.59 Å². The minimum Gasteiger partial charge on any atom is -0.397 e. The van der Waals surface area contributed by atoms with Crippen LogP contribution in [0.2, 0.25) is 0 Å². The number of carbonyl (C=O) groups is 2. The summed E-state index contributed by atoms with van der Waals surface area (Å²) in [5, 5.41) is 5.06. The van der Waals surface area contributed by atoms with Crippen LogP contribution in [-0.4, -0.2) is 16.9 Å². The summed E-state index contributed by atoms with van der Waals surface area (Å²) < 4.78 is 0. The van der Waals surface area contributed by atoms with Crippen molar-refractivity contribution in [2.75, 3.05) is 16.4 Å². The van der Waals surface area contributed by atoms with E-state index < -0.39 is 11.9 Å². The van der Waals surface area contributed by atoms with Crippen molar-refractivity contribution in [3.63, 3.8) is 0 Å². The fraction of sp³-hybridized carbons (Fsp3) is 0. The average Bonchev–Trinajstić information content (AvgIpc) is 2.38. The molecule has 1 aromatic heterocycles. The summed E-state index contributed by atoms with van der Waals surface area (Å²) in [7, 11) is 0. The van der Waals surface area contributed by atoms with E-state index in [1.807, 2.05) is 0 Å². The van der Waals surface area contributed by atoms with Crippen LogP contribution in [0.25, 0.3) is 0 Å². The number of aromatic nitrogens is 1. The van der Waals surface area contributed by atoms with Crippen LogP contribution < -0.4 is 22.1 Å². The molecule has 7 heteroatoms. The molecule has 2 rings (SSSR count). The summed E-state index contributed by atoms with van der Waals surface area (Å²) in [4.78, 5) is 26.7. The molecule has 102 valence electrons. The van der Waals surface area contributed by atoms with Gasteiger partial charge in [-0.05, 0) is 30.3 Å². The predicted octanol–water partition coefficient (Wildman–Crippen LogP) is 1.41. The Hall–Kier alpha value is -3.09. The third kappa shape index (κ3) is 3.22. The number of carbonyl (C=O) groups excluding carboxylic acids is 2. The van der Waals surface area contributed by atoms with Gasteiger partial charge in [0.1, 0.15) is 0 Å². The molecule has 0 aliphatic rings. The fourth-order valence-corrected chi connectivity index (χ4v) is 1.61. The van der Waals surface area contributed by atoms with Crippen LogP contribution in [0, 0.1) is 0 Å². The van der Waals surface area contributed by atoms with Crippen LogP contribution >= 0.6 is 0 Å². The Bertz CT molecular complexity index is 657. The zero-order valence-electron chi connectivity index (χ0n) is 10.5. The Morgan fingerprint density at radius 2 is 1.75 bits per heavy atom. The normalized spacial score (nSPS) is 9.80. The molecule has 0 radical (unpaired) electrons. The van der Waals surface area contributed by atoms with Gasteiger partial charge in [-0.15, -0.1) is 0 Å². The van der Waals surface area contributed by atoms with Gasteiger partial charge in [0, 0.05) is 17.6 Å². The molecule has 0 saturated carbocycles. The van der Waals surface area contributed by atoms with Gasteiger partial charge in [-0.1, -0.05) is 6.07 Å². The average molecular weight is 271 g/mol. The van der Waals surface area contributed by atoms with E-state index >= 15 is 0 Å². The molecule has 7 nitrogen and oxygen atoms in total. The van der Waals surface area contributed by atoms with Crippen molar-refractivity contribution in [1.29, 1.82) is 0 Å². The second-order valence-corrected chi connectivity index (χ2v) is 3.97. The van der Waals surface area contributed by atoms with Gasteiger partial charge in [0.2, 0.25) is 0 Å². The molecule has 1 heterocycles. The Balaban J connectivity index is 2.16. The van der Waals surface area contributed by atoms with Crippen molar-refractivity contribution in [2.45, 2.75) is 0 Å². The van der Waals surface area contributed by atoms with Gasteiger partial charge in [-0.3, -0.25) is 4.79 Å². The minimum absolute atomic E-state index is 0.140. The lowest BCUT2D eigenvalue weighted by atomic mass is 10.2. The number of hydrogen-bond donors (Lipinski definition) is 4. The lowest BCUT2D eigenvalue weighted by molar-refractivity contribution is 0.102. The van der Waals surface area contributed by atoms with E-state index in [0.29, 0.717) is 11.4 Å². The molecule has 1 aromatic carbocycles. The van der Waals surface area contributed by atoms with Gasteiger partial charge in [-0.25, -0.2) is 9.78 Å². The Kier molecular flexibility index (Phi) is 3.80. The first-order chi connectivity index (χ1) is 9.56. The van der Waals surface area contributed by atoms with E-state index in [9.17, 15) is 9.59 Å². The third-order valence-electron chi connectivity index (χ3n) is 2.44. The van der Waals surface area contributed by atoms with E-state index in [1.54, 1.807) is 36.4 Å². The van der Waals surface area contributed by atoms with Crippen molar-refractivity contribution in [3.8, 4) is 0 Å². The number of nitrogens with one attached hydrogen (secondary N) is 2. The van der Waals surface area contributed by atoms with E-state index in [1.165, 1.54) is 6.20 Å². The number of nitrogens with zero attached hydrogens (tertiary/aromatic N) is 1. The topological polar surface area (TPSA) is 123 Å². The van der Waals surface area contributed by atoms with Gasteiger partial charge in [0.05, 0.1) is 5.69 Å². The summed E-state index contributed by atoms with van der Waals surface area (Å²) >= 11 is 0. The molecular weight excluding hydrogens is 258 g/mol. The molecule has 0 saturated heterocycles. The zero-order chi connectivity index (χ0) is 14.5. The molecule has 0 aliphatic heterocycles. The van der Waals surface area contributed by atoms with Crippen LogP contribution in [0.1, 0.15) is 10.5 Å². The Labute approximate surface area is 115 Å². The maximum absolute atomic E-state index is 12.0. The van der Waals surface area contributed by atoms with Crippen LogP contribution in [0.3, 0.4) is 0 Å². The first-order valence-corrected chi connectivity index (χ1v) is 5.74. The molecule has 2 aromatic rings. The van der Waals surface area contributed by atoms with Gasteiger partial charge < -0.3 is 22.1 Å². The highest BCUT2D eigenvalue weighted by atomic mass is 16.2. The van der Waals surface area contributed by atoms with Crippen molar-refractivity contribution >= 4 is 29.0 Å². The zero-order valence-corrected chi connectivity index (χ0v) is 10.5. The summed E-state index contributed by atoms with van der Waals surface area (Å²) in [6, 6.07) is 9.11. The first kappa shape index (κ1) is 13.3. The molecule has 0 fully saturated rings. The lowest BCUT2D eigenvalue weighted by Gasteiger charge is -2.08. The largest absolute Gasteiger partial charge is 0.397 e. The predicted molar refractivity (Wildman–Crippen MR) is 76.3 cm³/mol. The van der Waals surface area contributed by atoms with Crippen molar-refractivity contribution in [1.82, 2.24) is 4.98 Å². The van der Waals surface area contributed by atoms with Gasteiger partial charge >= 0.3 is 6.03 Å². The number of urea groups is 1. The lowest BCUT2D eigenvalue weighted by Crippen LogP contribution is -2.19. The van der Waals surface area contributed by atoms with Crippen LogP contribution in [0.15, 0.2) is 42.6 Å².